The molecule has 0 saturated heterocycles. The minimum atomic E-state index is -4.37. The Kier molecular flexibility index (Phi) is 8.18. The number of nitrogens with one attached hydrogen (secondary N) is 1. The van der Waals surface area contributed by atoms with Crippen LogP contribution in [0.5, 0.6) is 0 Å². The van der Waals surface area contributed by atoms with Crippen LogP contribution in [0.4, 0.5) is 14.5 Å². The first-order valence-electron chi connectivity index (χ1n) is 10.7. The van der Waals surface area contributed by atoms with E-state index >= 15 is 0 Å². The molecule has 1 N–H and O–H groups in total. The van der Waals surface area contributed by atoms with Crippen molar-refractivity contribution >= 4 is 27.5 Å². The minimum Gasteiger partial charge on any atom is -0.357 e. The van der Waals surface area contributed by atoms with E-state index in [0.717, 1.165) is 11.0 Å². The molecule has 0 spiro atoms. The number of sulfonamides is 1. The zero-order valence-electron chi connectivity index (χ0n) is 19.2. The summed E-state index contributed by atoms with van der Waals surface area (Å²) in [6.07, 6.45) is 0. The number of carbonyl (C=O) groups is 2. The highest BCUT2D eigenvalue weighted by molar-refractivity contribution is 7.92. The van der Waals surface area contributed by atoms with Crippen molar-refractivity contribution in [2.45, 2.75) is 24.4 Å². The fourth-order valence-electron chi connectivity index (χ4n) is 3.49. The maximum Gasteiger partial charge on any atom is 0.264 e. The lowest BCUT2D eigenvalue weighted by atomic mass is 10.1. The van der Waals surface area contributed by atoms with Crippen molar-refractivity contribution in [3.8, 4) is 0 Å². The topological polar surface area (TPSA) is 86.8 Å². The van der Waals surface area contributed by atoms with E-state index in [1.165, 1.54) is 74.6 Å². The van der Waals surface area contributed by atoms with Gasteiger partial charge in [-0.05, 0) is 37.3 Å². The van der Waals surface area contributed by atoms with Gasteiger partial charge >= 0.3 is 0 Å². The fraction of sp³-hybridized carbons (Fsp3) is 0.200. The molecule has 0 aliphatic heterocycles. The molecule has 3 aromatic carbocycles. The molecule has 0 radical (unpaired) electrons. The molecule has 0 aromatic heterocycles. The zero-order valence-corrected chi connectivity index (χ0v) is 20.0. The van der Waals surface area contributed by atoms with Gasteiger partial charge in [-0.25, -0.2) is 17.2 Å². The summed E-state index contributed by atoms with van der Waals surface area (Å²) < 4.78 is 56.7. The number of nitrogens with zero attached hydrogens (tertiary/aromatic N) is 2. The molecule has 7 nitrogen and oxygen atoms in total. The maximum atomic E-state index is 14.7. The molecule has 3 rings (SSSR count). The van der Waals surface area contributed by atoms with Gasteiger partial charge in [-0.1, -0.05) is 48.5 Å². The van der Waals surface area contributed by atoms with Gasteiger partial charge in [0, 0.05) is 19.2 Å². The molecule has 35 heavy (non-hydrogen) atoms. The summed E-state index contributed by atoms with van der Waals surface area (Å²) in [5, 5.41) is 2.43. The third-order valence-corrected chi connectivity index (χ3v) is 7.22. The fourth-order valence-corrected chi connectivity index (χ4v) is 4.93. The van der Waals surface area contributed by atoms with Crippen molar-refractivity contribution in [2.24, 2.45) is 0 Å². The van der Waals surface area contributed by atoms with Crippen LogP contribution in [0.3, 0.4) is 0 Å². The summed E-state index contributed by atoms with van der Waals surface area (Å²) in [6.45, 7) is 0.335. The van der Waals surface area contributed by atoms with Crippen LogP contribution in [0, 0.1) is 11.6 Å². The van der Waals surface area contributed by atoms with Crippen LogP contribution in [0.1, 0.15) is 12.5 Å². The van der Waals surface area contributed by atoms with Crippen molar-refractivity contribution in [1.29, 1.82) is 0 Å². The molecule has 0 unspecified atom stereocenters. The number of anilines is 1. The van der Waals surface area contributed by atoms with Crippen LogP contribution in [-0.2, 0) is 26.2 Å². The number of carbonyl (C=O) groups excluding carboxylic acids is 2. The highest BCUT2D eigenvalue weighted by Gasteiger charge is 2.33. The van der Waals surface area contributed by atoms with Crippen molar-refractivity contribution in [3.05, 3.63) is 96.1 Å². The molecule has 0 bridgehead atoms. The molecule has 184 valence electrons. The second-order valence-electron chi connectivity index (χ2n) is 7.68. The predicted octanol–water partition coefficient (Wildman–Crippen LogP) is 3.32. The van der Waals surface area contributed by atoms with Crippen LogP contribution >= 0.6 is 0 Å². The number of rotatable bonds is 9. The summed E-state index contributed by atoms with van der Waals surface area (Å²) in [4.78, 5) is 26.8. The summed E-state index contributed by atoms with van der Waals surface area (Å²) in [5.41, 5.74) is -0.192. The van der Waals surface area contributed by atoms with E-state index in [0.29, 0.717) is 4.31 Å². The highest BCUT2D eigenvalue weighted by Crippen LogP contribution is 2.27. The van der Waals surface area contributed by atoms with Gasteiger partial charge < -0.3 is 10.2 Å². The molecule has 0 aliphatic rings. The summed E-state index contributed by atoms with van der Waals surface area (Å²) in [5.74, 6) is -2.78. The van der Waals surface area contributed by atoms with E-state index in [-0.39, 0.29) is 22.7 Å². The number of hydrogen-bond donors (Lipinski definition) is 1. The largest absolute Gasteiger partial charge is 0.357 e. The van der Waals surface area contributed by atoms with Gasteiger partial charge in [-0.2, -0.15) is 0 Å². The van der Waals surface area contributed by atoms with E-state index < -0.39 is 46.1 Å². The molecule has 2 amide bonds. The molecule has 1 atom stereocenters. The van der Waals surface area contributed by atoms with Gasteiger partial charge in [-0.3, -0.25) is 13.9 Å². The monoisotopic (exact) mass is 501 g/mol. The van der Waals surface area contributed by atoms with Crippen molar-refractivity contribution in [3.63, 3.8) is 0 Å². The van der Waals surface area contributed by atoms with Gasteiger partial charge in [-0.15, -0.1) is 0 Å². The first-order chi connectivity index (χ1) is 16.7. The van der Waals surface area contributed by atoms with Crippen LogP contribution in [0.15, 0.2) is 83.8 Å². The molecule has 3 aromatic rings. The predicted molar refractivity (Wildman–Crippen MR) is 128 cm³/mol. The second-order valence-corrected chi connectivity index (χ2v) is 9.54. The Hall–Kier alpha value is -3.79. The molecule has 0 heterocycles. The van der Waals surface area contributed by atoms with Crippen LogP contribution in [-0.4, -0.2) is 44.8 Å². The lowest BCUT2D eigenvalue weighted by molar-refractivity contribution is -0.139. The molecule has 0 fully saturated rings. The van der Waals surface area contributed by atoms with Crippen LogP contribution < -0.4 is 9.62 Å². The van der Waals surface area contributed by atoms with Gasteiger partial charge in [0.05, 0.1) is 10.6 Å². The van der Waals surface area contributed by atoms with Gasteiger partial charge in [0.25, 0.3) is 10.0 Å². The number of benzene rings is 3. The Morgan fingerprint density at radius 2 is 1.46 bits per heavy atom. The summed E-state index contributed by atoms with van der Waals surface area (Å²) in [7, 11) is -2.98. The number of hydrogen-bond acceptors (Lipinski definition) is 4. The van der Waals surface area contributed by atoms with E-state index in [1.54, 1.807) is 12.1 Å². The Bertz CT molecular complexity index is 1300. The third-order valence-electron chi connectivity index (χ3n) is 5.44. The van der Waals surface area contributed by atoms with Gasteiger partial charge in [0.2, 0.25) is 11.8 Å². The Balaban J connectivity index is 2.05. The molecular formula is C25H25F2N3O4S. The Labute approximate surface area is 203 Å². The van der Waals surface area contributed by atoms with E-state index in [4.69, 9.17) is 0 Å². The number of amides is 2. The number of likely N-dealkylation sites (N-methyl/N-ethyl adjacent to an activating group) is 1. The standard InChI is InChI=1S/C25H25F2N3O4S/c1-18(25(32)28-2)29(16-19-10-6-7-13-21(19)26)24(31)17-30(23-15-9-8-14-22(23)27)35(33,34)20-11-4-3-5-12-20/h3-15,18H,16-17H2,1-2H3,(H,28,32)/t18-/m1/s1. The molecular weight excluding hydrogens is 476 g/mol. The Morgan fingerprint density at radius 3 is 2.06 bits per heavy atom. The number of halogens is 2. The molecule has 0 saturated carbocycles. The van der Waals surface area contributed by atoms with Crippen LogP contribution in [0.25, 0.3) is 0 Å². The van der Waals surface area contributed by atoms with Crippen LogP contribution in [0.2, 0.25) is 0 Å². The molecule has 10 heteroatoms. The average molecular weight is 502 g/mol. The van der Waals surface area contributed by atoms with Crippen molar-refractivity contribution in [1.82, 2.24) is 10.2 Å². The summed E-state index contributed by atoms with van der Waals surface area (Å²) >= 11 is 0. The summed E-state index contributed by atoms with van der Waals surface area (Å²) in [6, 6.07) is 17.1. The number of para-hydroxylation sites is 1. The third kappa shape index (κ3) is 5.83. The van der Waals surface area contributed by atoms with Gasteiger partial charge in [0.15, 0.2) is 0 Å². The lowest BCUT2D eigenvalue weighted by Crippen LogP contribution is -2.51. The Morgan fingerprint density at radius 1 is 0.886 bits per heavy atom. The molecule has 0 aliphatic carbocycles. The average Bonchev–Trinajstić information content (AvgIpc) is 2.86. The first kappa shape index (κ1) is 25.8. The first-order valence-corrected chi connectivity index (χ1v) is 12.2. The quantitative estimate of drug-likeness (QED) is 0.487. The minimum absolute atomic E-state index is 0.139. The SMILES string of the molecule is CNC(=O)[C@@H](C)N(Cc1ccccc1F)C(=O)CN(c1ccccc1F)S(=O)(=O)c1ccccc1. The zero-order chi connectivity index (χ0) is 25.6. The van der Waals surface area contributed by atoms with Crippen molar-refractivity contribution in [2.75, 3.05) is 17.9 Å². The lowest BCUT2D eigenvalue weighted by Gasteiger charge is -2.31. The second kappa shape index (κ2) is 11.1. The van der Waals surface area contributed by atoms with Crippen molar-refractivity contribution < 1.29 is 26.8 Å². The van der Waals surface area contributed by atoms with E-state index in [9.17, 15) is 26.8 Å². The van der Waals surface area contributed by atoms with Gasteiger partial charge in [0.1, 0.15) is 24.2 Å². The maximum absolute atomic E-state index is 14.7. The van der Waals surface area contributed by atoms with E-state index in [2.05, 4.69) is 5.32 Å². The highest BCUT2D eigenvalue weighted by atomic mass is 32.2. The van der Waals surface area contributed by atoms with E-state index in [1.807, 2.05) is 0 Å². The smallest absolute Gasteiger partial charge is 0.264 e. The normalized spacial score (nSPS) is 12.0.